The average Bonchev–Trinajstić information content (AvgIpc) is 3.77. The summed E-state index contributed by atoms with van der Waals surface area (Å²) < 4.78 is 5.16. The topological polar surface area (TPSA) is 167 Å². The number of carbonyl (C=O) groups is 4. The summed E-state index contributed by atoms with van der Waals surface area (Å²) in [7, 11) is 5.25. The van der Waals surface area contributed by atoms with Gasteiger partial charge in [-0.25, -0.2) is 0 Å². The Morgan fingerprint density at radius 1 is 0.906 bits per heavy atom. The van der Waals surface area contributed by atoms with Crippen molar-refractivity contribution in [2.75, 3.05) is 34.3 Å². The molecule has 0 fully saturated rings. The smallest absolute Gasteiger partial charge is 0.657 e. The van der Waals surface area contributed by atoms with E-state index < -0.39 is 17.9 Å². The summed E-state index contributed by atoms with van der Waals surface area (Å²) >= 11 is 0. The van der Waals surface area contributed by atoms with Crippen LogP contribution < -0.4 is 15.3 Å². The molecule has 53 heavy (non-hydrogen) atoms. The molecule has 12 nitrogen and oxygen atoms in total. The zero-order valence-electron chi connectivity index (χ0n) is 32.0. The first kappa shape index (κ1) is 41.6. The van der Waals surface area contributed by atoms with Crippen LogP contribution in [0.25, 0.3) is 22.1 Å². The number of nitrogens with one attached hydrogen (secondary N) is 1. The van der Waals surface area contributed by atoms with Gasteiger partial charge in [0.25, 0.3) is 0 Å². The number of nitrogens with zero attached hydrogens (tertiary/aromatic N) is 5. The molecule has 2 aliphatic heterocycles. The van der Waals surface area contributed by atoms with Gasteiger partial charge in [0.15, 0.2) is 5.78 Å². The molecular weight excluding hydrogens is 767 g/mol. The van der Waals surface area contributed by atoms with Gasteiger partial charge in [0.2, 0.25) is 5.91 Å². The summed E-state index contributed by atoms with van der Waals surface area (Å²) in [5.74, 6) is -2.57. The van der Waals surface area contributed by atoms with Crippen LogP contribution in [0.4, 0.5) is 0 Å². The van der Waals surface area contributed by atoms with Crippen molar-refractivity contribution in [3.63, 3.8) is 0 Å². The number of aryl methyl sites for hydroxylation is 2. The first-order valence-corrected chi connectivity index (χ1v) is 18.0. The molecule has 2 aliphatic rings. The van der Waals surface area contributed by atoms with Gasteiger partial charge in [-0.15, -0.1) is 22.1 Å². The number of ether oxygens (including phenoxy) is 1. The molecule has 1 amide bonds. The average molecular weight is 817 g/mol. The molecule has 8 bridgehead atoms. The van der Waals surface area contributed by atoms with Gasteiger partial charge < -0.3 is 30.0 Å². The van der Waals surface area contributed by atoms with Gasteiger partial charge >= 0.3 is 32.4 Å². The number of rotatable bonds is 12. The van der Waals surface area contributed by atoms with Gasteiger partial charge in [-0.05, 0) is 66.2 Å². The maximum atomic E-state index is 14.1. The number of aromatic nitrogens is 4. The molecule has 5 heterocycles. The van der Waals surface area contributed by atoms with E-state index in [4.69, 9.17) is 24.7 Å². The first-order chi connectivity index (χ1) is 24.7. The van der Waals surface area contributed by atoms with E-state index in [2.05, 4.69) is 19.2 Å². The fraction of sp³-hybridized carbons (Fsp3) is 0.500. The quantitative estimate of drug-likeness (QED) is 0.0977. The Morgan fingerprint density at radius 3 is 2.13 bits per heavy atom. The van der Waals surface area contributed by atoms with Crippen LogP contribution in [-0.4, -0.2) is 77.9 Å². The number of aliphatic carboxylic acids is 1. The minimum absolute atomic E-state index is 0. The summed E-state index contributed by atoms with van der Waals surface area (Å²) in [6.45, 7) is 12.7. The summed E-state index contributed by atoms with van der Waals surface area (Å²) in [5, 5.41) is 12.8. The molecule has 2 N–H and O–H groups in total. The number of hydrogen-bond acceptors (Lipinski definition) is 8. The molecular formula is C40H50N6O6Pd. The first-order valence-electron chi connectivity index (χ1n) is 18.0. The Morgan fingerprint density at radius 2 is 1.51 bits per heavy atom. The number of Topliss-reactive ketones (excluding diaryl/α,β-unsaturated/α-hetero) is 1. The Hall–Kier alpha value is -4.18. The Balaban J connectivity index is 0.00000627. The third kappa shape index (κ3) is 8.64. The monoisotopic (exact) mass is 816 g/mol. The van der Waals surface area contributed by atoms with Crippen molar-refractivity contribution in [3.8, 4) is 0 Å². The Bertz CT molecular complexity index is 2070. The maximum absolute atomic E-state index is 14.1. The molecule has 0 saturated heterocycles. The molecule has 3 aromatic heterocycles. The molecule has 13 heteroatoms. The van der Waals surface area contributed by atoms with Crippen molar-refractivity contribution in [2.24, 2.45) is 0 Å². The maximum Gasteiger partial charge on any atom is 2.00 e. The number of amides is 1. The van der Waals surface area contributed by atoms with E-state index in [9.17, 15) is 24.3 Å². The second kappa shape index (κ2) is 17.3. The van der Waals surface area contributed by atoms with Crippen LogP contribution in [0.2, 0.25) is 0 Å². The normalized spacial score (nSPS) is 18.1. The van der Waals surface area contributed by atoms with Crippen molar-refractivity contribution in [3.05, 3.63) is 68.8 Å². The molecule has 4 atom stereocenters. The van der Waals surface area contributed by atoms with E-state index in [0.717, 1.165) is 30.8 Å². The van der Waals surface area contributed by atoms with Crippen molar-refractivity contribution >= 4 is 45.7 Å². The summed E-state index contributed by atoms with van der Waals surface area (Å²) in [6.07, 6.45) is 1.40. The second-order valence-corrected chi connectivity index (χ2v) is 14.4. The fourth-order valence-electron chi connectivity index (χ4n) is 7.65. The number of carboxylic acid groups (broad SMARTS) is 1. The number of carboxylic acids is 1. The number of methoxy groups -OCH3 is 1. The third-order valence-electron chi connectivity index (χ3n) is 10.6. The van der Waals surface area contributed by atoms with Crippen LogP contribution >= 0.6 is 0 Å². The van der Waals surface area contributed by atoms with Crippen molar-refractivity contribution in [1.29, 1.82) is 0 Å². The third-order valence-corrected chi connectivity index (χ3v) is 10.6. The Labute approximate surface area is 324 Å². The van der Waals surface area contributed by atoms with E-state index in [1.165, 1.54) is 14.0 Å². The van der Waals surface area contributed by atoms with Crippen molar-refractivity contribution < 1.29 is 49.4 Å². The van der Waals surface area contributed by atoms with Crippen LogP contribution in [0.15, 0.2) is 18.2 Å². The number of carbonyl (C=O) groups excluding carboxylic acids is 3. The summed E-state index contributed by atoms with van der Waals surface area (Å²) in [5.41, 5.74) is 7.32. The number of ketones is 1. The minimum Gasteiger partial charge on any atom is -0.657 e. The number of fused-ring (bicyclic) bond motifs is 8. The second-order valence-electron chi connectivity index (χ2n) is 14.4. The minimum atomic E-state index is -0.957. The molecule has 3 aromatic rings. The van der Waals surface area contributed by atoms with Crippen LogP contribution in [0, 0.1) is 13.8 Å². The molecule has 0 unspecified atom stereocenters. The largest absolute Gasteiger partial charge is 2.00 e. The molecule has 0 saturated carbocycles. The zero-order chi connectivity index (χ0) is 38.0. The van der Waals surface area contributed by atoms with E-state index in [1.807, 2.05) is 58.0 Å². The van der Waals surface area contributed by atoms with E-state index in [-0.39, 0.29) is 69.1 Å². The van der Waals surface area contributed by atoms with E-state index >= 15 is 0 Å². The predicted molar refractivity (Wildman–Crippen MR) is 199 cm³/mol. The predicted octanol–water partition coefficient (Wildman–Crippen LogP) is 5.84. The van der Waals surface area contributed by atoms with Crippen LogP contribution in [-0.2, 0) is 41.2 Å². The molecule has 0 spiro atoms. The van der Waals surface area contributed by atoms with Crippen molar-refractivity contribution in [2.45, 2.75) is 97.3 Å². The molecule has 0 aliphatic carbocycles. The van der Waals surface area contributed by atoms with E-state index in [1.54, 1.807) is 0 Å². The molecule has 0 aromatic carbocycles. The van der Waals surface area contributed by atoms with Crippen LogP contribution in [0.1, 0.15) is 137 Å². The summed E-state index contributed by atoms with van der Waals surface area (Å²) in [4.78, 5) is 74.5. The Kier molecular flexibility index (Phi) is 13.6. The number of hydrogen-bond donors (Lipinski definition) is 2. The van der Waals surface area contributed by atoms with Gasteiger partial charge in [0.05, 0.1) is 13.5 Å². The molecule has 286 valence electrons. The SMILES string of the molecule is CC[C@H]1c2cc3[n-]c(c(CC(=O)OC)c4nc(cc5[n-]c(cc(n2)[C@@H]1C)c(C(C)=O)c5C)[C@@H](C)[C@@H]4CCC(=O)O)c(C(=O)NCCCN(C)C)c3C.[Pd+2]. The van der Waals surface area contributed by atoms with Crippen LogP contribution in [0.3, 0.4) is 0 Å². The van der Waals surface area contributed by atoms with Gasteiger partial charge in [-0.1, -0.05) is 50.1 Å². The van der Waals surface area contributed by atoms with Gasteiger partial charge in [-0.3, -0.25) is 29.1 Å². The molecule has 0 radical (unpaired) electrons. The van der Waals surface area contributed by atoms with Crippen LogP contribution in [0.5, 0.6) is 0 Å². The van der Waals surface area contributed by atoms with Gasteiger partial charge in [0, 0.05) is 70.5 Å². The zero-order valence-corrected chi connectivity index (χ0v) is 33.6. The summed E-state index contributed by atoms with van der Waals surface area (Å²) in [6, 6.07) is 5.67. The number of esters is 1. The standard InChI is InChI=1S/C40H52N6O6.Pd/c1-10-25-20(2)28-19-33-36(24(6)47)22(4)30(43-33)17-29-21(3)26(12-13-34(48)49)38(44-29)27(16-35(50)52-9)39-37(40(51)41-14-11-15-46(7)8)23(5)31(45-39)18-32(25)42-28;/h17-21,25-26H,10-16H2,1-9H3,(H4,41,42,43,44,45,47,48,49,51);/q;+2/p-2/t20-,21+,25-,26+;/m1./s1. The van der Waals surface area contributed by atoms with E-state index in [0.29, 0.717) is 67.8 Å². The van der Waals surface area contributed by atoms with Crippen molar-refractivity contribution in [1.82, 2.24) is 30.2 Å². The fourth-order valence-corrected chi connectivity index (χ4v) is 7.65. The molecule has 5 rings (SSSR count). The van der Waals surface area contributed by atoms with Gasteiger partial charge in [0.1, 0.15) is 0 Å². The van der Waals surface area contributed by atoms with Gasteiger partial charge in [-0.2, -0.15) is 0 Å².